The van der Waals surface area contributed by atoms with Gasteiger partial charge in [-0.05, 0) is 54.6 Å². The van der Waals surface area contributed by atoms with Gasteiger partial charge in [-0.15, -0.1) is 0 Å². The molecule has 4 aromatic rings. The molecule has 4 rings (SSSR count). The van der Waals surface area contributed by atoms with Gasteiger partial charge in [-0.25, -0.2) is 9.97 Å². The van der Waals surface area contributed by atoms with Crippen LogP contribution in [0.5, 0.6) is 0 Å². The molecule has 1 heterocycles. The van der Waals surface area contributed by atoms with Crippen LogP contribution in [0.2, 0.25) is 0 Å². The molecule has 0 bridgehead atoms. The smallest absolute Gasteiger partial charge is 0.271 e. The number of nitro benzene ring substituents is 1. The number of hydrogen-bond donors (Lipinski definition) is 2. The fourth-order valence-corrected chi connectivity index (χ4v) is 3.29. The molecule has 3 aromatic carbocycles. The normalized spacial score (nSPS) is 10.7. The van der Waals surface area contributed by atoms with Crippen LogP contribution in [0.15, 0.2) is 66.7 Å². The van der Waals surface area contributed by atoms with E-state index in [-0.39, 0.29) is 5.69 Å². The van der Waals surface area contributed by atoms with Crippen molar-refractivity contribution in [2.24, 2.45) is 0 Å². The molecule has 0 saturated heterocycles. The van der Waals surface area contributed by atoms with Crippen LogP contribution in [0.3, 0.4) is 0 Å². The van der Waals surface area contributed by atoms with E-state index in [1.807, 2.05) is 86.5 Å². The number of anilines is 6. The molecule has 0 aliphatic heterocycles. The zero-order chi connectivity index (χ0) is 23.5. The molecule has 0 saturated carbocycles. The van der Waals surface area contributed by atoms with E-state index in [1.54, 1.807) is 6.07 Å². The number of nitro groups is 1. The van der Waals surface area contributed by atoms with Crippen LogP contribution in [0.25, 0.3) is 11.0 Å². The lowest BCUT2D eigenvalue weighted by atomic mass is 10.2. The lowest BCUT2D eigenvalue weighted by Gasteiger charge is -2.16. The van der Waals surface area contributed by atoms with Gasteiger partial charge in [-0.2, -0.15) is 0 Å². The van der Waals surface area contributed by atoms with Crippen molar-refractivity contribution >= 4 is 51.1 Å². The average molecular weight is 444 g/mol. The molecule has 0 aliphatic rings. The third kappa shape index (κ3) is 4.93. The Labute approximate surface area is 191 Å². The molecule has 0 amide bonds. The van der Waals surface area contributed by atoms with Gasteiger partial charge in [0.25, 0.3) is 5.69 Å². The van der Waals surface area contributed by atoms with Crippen molar-refractivity contribution in [2.75, 3.05) is 48.6 Å². The summed E-state index contributed by atoms with van der Waals surface area (Å²) in [4.78, 5) is 24.2. The Kier molecular flexibility index (Phi) is 5.95. The topological polar surface area (TPSA) is 99.5 Å². The van der Waals surface area contributed by atoms with Gasteiger partial charge in [-0.1, -0.05) is 0 Å². The Bertz CT molecular complexity index is 1290. The summed E-state index contributed by atoms with van der Waals surface area (Å²) in [5.74, 6) is 0.989. The largest absolute Gasteiger partial charge is 0.378 e. The van der Waals surface area contributed by atoms with E-state index < -0.39 is 4.92 Å². The lowest BCUT2D eigenvalue weighted by Crippen LogP contribution is -2.09. The number of aromatic nitrogens is 2. The number of nitrogens with zero attached hydrogens (tertiary/aromatic N) is 5. The van der Waals surface area contributed by atoms with Crippen LogP contribution in [-0.2, 0) is 0 Å². The Morgan fingerprint density at radius 2 is 1.15 bits per heavy atom. The first-order chi connectivity index (χ1) is 15.8. The van der Waals surface area contributed by atoms with Gasteiger partial charge in [0.1, 0.15) is 0 Å². The summed E-state index contributed by atoms with van der Waals surface area (Å²) in [7, 11) is 7.93. The minimum Gasteiger partial charge on any atom is -0.378 e. The number of fused-ring (bicyclic) bond motifs is 1. The van der Waals surface area contributed by atoms with E-state index in [1.165, 1.54) is 12.1 Å². The summed E-state index contributed by atoms with van der Waals surface area (Å²) in [5.41, 5.74) is 4.79. The van der Waals surface area contributed by atoms with Crippen LogP contribution >= 0.6 is 0 Å². The van der Waals surface area contributed by atoms with Gasteiger partial charge >= 0.3 is 0 Å². The zero-order valence-electron chi connectivity index (χ0n) is 18.9. The molecule has 1 aromatic heterocycles. The second-order valence-corrected chi connectivity index (χ2v) is 7.98. The van der Waals surface area contributed by atoms with Gasteiger partial charge in [0.2, 0.25) is 0 Å². The molecule has 0 atom stereocenters. The predicted octanol–water partition coefficient (Wildman–Crippen LogP) is 5.16. The third-order valence-electron chi connectivity index (χ3n) is 5.15. The number of nitrogens with one attached hydrogen (secondary N) is 2. The molecule has 9 nitrogen and oxygen atoms in total. The minimum absolute atomic E-state index is 0.0296. The second-order valence-electron chi connectivity index (χ2n) is 7.98. The van der Waals surface area contributed by atoms with Crippen molar-refractivity contribution in [3.05, 3.63) is 76.8 Å². The SMILES string of the molecule is CN(C)c1ccc(Nc2nc3ccc([N+](=O)[O-])cc3nc2Nc2ccc(N(C)C)cc2)cc1. The van der Waals surface area contributed by atoms with E-state index in [4.69, 9.17) is 4.98 Å². The molecule has 33 heavy (non-hydrogen) atoms. The fourth-order valence-electron chi connectivity index (χ4n) is 3.29. The summed E-state index contributed by atoms with van der Waals surface area (Å²) in [6, 6.07) is 20.3. The molecule has 0 unspecified atom stereocenters. The van der Waals surface area contributed by atoms with Gasteiger partial charge in [-0.3, -0.25) is 10.1 Å². The number of non-ortho nitro benzene ring substituents is 1. The molecule has 0 radical (unpaired) electrons. The highest BCUT2D eigenvalue weighted by atomic mass is 16.6. The number of rotatable bonds is 7. The minimum atomic E-state index is -0.438. The van der Waals surface area contributed by atoms with Crippen LogP contribution < -0.4 is 20.4 Å². The zero-order valence-corrected chi connectivity index (χ0v) is 18.9. The van der Waals surface area contributed by atoms with E-state index in [0.29, 0.717) is 22.7 Å². The summed E-state index contributed by atoms with van der Waals surface area (Å²) >= 11 is 0. The Morgan fingerprint density at radius 1 is 0.697 bits per heavy atom. The van der Waals surface area contributed by atoms with Gasteiger partial charge < -0.3 is 20.4 Å². The quantitative estimate of drug-likeness (QED) is 0.299. The van der Waals surface area contributed by atoms with Crippen molar-refractivity contribution < 1.29 is 4.92 Å². The van der Waals surface area contributed by atoms with E-state index in [0.717, 1.165) is 22.7 Å². The van der Waals surface area contributed by atoms with Crippen molar-refractivity contribution in [3.8, 4) is 0 Å². The molecular weight excluding hydrogens is 418 g/mol. The highest BCUT2D eigenvalue weighted by Crippen LogP contribution is 2.30. The van der Waals surface area contributed by atoms with Crippen LogP contribution in [0.1, 0.15) is 0 Å². The van der Waals surface area contributed by atoms with Crippen LogP contribution in [0.4, 0.5) is 40.1 Å². The molecule has 9 heteroatoms. The molecular formula is C24H25N7O2. The summed E-state index contributed by atoms with van der Waals surface area (Å²) < 4.78 is 0. The highest BCUT2D eigenvalue weighted by molar-refractivity contribution is 5.85. The maximum Gasteiger partial charge on any atom is 0.271 e. The van der Waals surface area contributed by atoms with Gasteiger partial charge in [0, 0.05) is 63.1 Å². The van der Waals surface area contributed by atoms with E-state index in [9.17, 15) is 10.1 Å². The average Bonchev–Trinajstić information content (AvgIpc) is 2.79. The third-order valence-corrected chi connectivity index (χ3v) is 5.15. The maximum absolute atomic E-state index is 11.2. The monoisotopic (exact) mass is 443 g/mol. The summed E-state index contributed by atoms with van der Waals surface area (Å²) in [6.45, 7) is 0. The van der Waals surface area contributed by atoms with Crippen molar-refractivity contribution in [3.63, 3.8) is 0 Å². The van der Waals surface area contributed by atoms with Crippen LogP contribution in [-0.4, -0.2) is 43.1 Å². The van der Waals surface area contributed by atoms with Gasteiger partial charge in [0.05, 0.1) is 16.0 Å². The lowest BCUT2D eigenvalue weighted by molar-refractivity contribution is -0.384. The standard InChI is InChI=1S/C24H25N7O2/c1-29(2)18-9-5-16(6-10-18)25-23-24(26-17-7-11-19(12-8-17)30(3)4)28-22-15-20(31(32)33)13-14-21(22)27-23/h5-15H,1-4H3,(H,25,27)(H,26,28). The maximum atomic E-state index is 11.2. The van der Waals surface area contributed by atoms with Gasteiger partial charge in [0.15, 0.2) is 11.6 Å². The van der Waals surface area contributed by atoms with Crippen molar-refractivity contribution in [2.45, 2.75) is 0 Å². The molecule has 2 N–H and O–H groups in total. The van der Waals surface area contributed by atoms with E-state index >= 15 is 0 Å². The summed E-state index contributed by atoms with van der Waals surface area (Å²) in [6.07, 6.45) is 0. The first-order valence-corrected chi connectivity index (χ1v) is 10.4. The molecule has 0 spiro atoms. The highest BCUT2D eigenvalue weighted by Gasteiger charge is 2.14. The first kappa shape index (κ1) is 21.8. The van der Waals surface area contributed by atoms with Crippen molar-refractivity contribution in [1.29, 1.82) is 0 Å². The number of hydrogen-bond acceptors (Lipinski definition) is 8. The Balaban J connectivity index is 1.73. The Hall–Kier alpha value is -4.40. The van der Waals surface area contributed by atoms with E-state index in [2.05, 4.69) is 15.6 Å². The summed E-state index contributed by atoms with van der Waals surface area (Å²) in [5, 5.41) is 17.8. The fraction of sp³-hybridized carbons (Fsp3) is 0.167. The van der Waals surface area contributed by atoms with Crippen LogP contribution in [0, 0.1) is 10.1 Å². The number of benzene rings is 3. The Morgan fingerprint density at radius 3 is 1.58 bits per heavy atom. The van der Waals surface area contributed by atoms with Crippen molar-refractivity contribution in [1.82, 2.24) is 9.97 Å². The predicted molar refractivity (Wildman–Crippen MR) is 134 cm³/mol. The molecule has 0 aliphatic carbocycles. The first-order valence-electron chi connectivity index (χ1n) is 10.4. The second kappa shape index (κ2) is 8.99. The molecule has 168 valence electrons. The molecule has 0 fully saturated rings.